The van der Waals surface area contributed by atoms with Crippen LogP contribution in [0.2, 0.25) is 10.0 Å². The van der Waals surface area contributed by atoms with Crippen molar-refractivity contribution in [1.29, 1.82) is 0 Å². The lowest BCUT2D eigenvalue weighted by molar-refractivity contribution is -0.132. The number of amides is 1. The molecule has 2 N–H and O–H groups in total. The van der Waals surface area contributed by atoms with Crippen molar-refractivity contribution < 1.29 is 14.7 Å². The third-order valence-electron chi connectivity index (χ3n) is 1.89. The summed E-state index contributed by atoms with van der Waals surface area (Å²) in [6.45, 7) is 1.32. The van der Waals surface area contributed by atoms with E-state index < -0.39 is 11.9 Å². The van der Waals surface area contributed by atoms with Crippen LogP contribution in [-0.4, -0.2) is 17.0 Å². The highest BCUT2D eigenvalue weighted by atomic mass is 35.5. The zero-order valence-corrected chi connectivity index (χ0v) is 10.3. The number of carbonyl (C=O) groups excluding carboxylic acids is 1. The van der Waals surface area contributed by atoms with E-state index in [0.29, 0.717) is 10.7 Å². The molecule has 0 saturated carbocycles. The number of aliphatic carboxylic acids is 1. The van der Waals surface area contributed by atoms with Crippen molar-refractivity contribution in [3.63, 3.8) is 0 Å². The van der Waals surface area contributed by atoms with Crippen molar-refractivity contribution in [3.05, 3.63) is 39.9 Å². The lowest BCUT2D eigenvalue weighted by Crippen LogP contribution is -2.11. The van der Waals surface area contributed by atoms with Gasteiger partial charge in [-0.05, 0) is 19.1 Å². The number of hydrogen-bond donors (Lipinski definition) is 2. The van der Waals surface area contributed by atoms with Gasteiger partial charge in [-0.1, -0.05) is 29.3 Å². The van der Waals surface area contributed by atoms with E-state index in [1.165, 1.54) is 6.92 Å². The summed E-state index contributed by atoms with van der Waals surface area (Å²) in [6.07, 6.45) is 0.972. The zero-order chi connectivity index (χ0) is 13.0. The Bertz CT molecular complexity index is 497. The number of nitrogens with one attached hydrogen (secondary N) is 1. The SMILES string of the molecule is CC(=CC(=O)Nc1cccc(Cl)c1Cl)C(=O)O. The number of benzene rings is 1. The van der Waals surface area contributed by atoms with Crippen molar-refractivity contribution in [2.24, 2.45) is 0 Å². The minimum atomic E-state index is -1.16. The maximum Gasteiger partial charge on any atom is 0.331 e. The number of hydrogen-bond acceptors (Lipinski definition) is 2. The summed E-state index contributed by atoms with van der Waals surface area (Å²) in [5, 5.41) is 11.6. The lowest BCUT2D eigenvalue weighted by Gasteiger charge is -2.06. The summed E-state index contributed by atoms with van der Waals surface area (Å²) in [5.74, 6) is -1.73. The fourth-order valence-electron chi connectivity index (χ4n) is 1.03. The first kappa shape index (κ1) is 13.5. The van der Waals surface area contributed by atoms with Crippen LogP contribution >= 0.6 is 23.2 Å². The standard InChI is InChI=1S/C11H9Cl2NO3/c1-6(11(16)17)5-9(15)14-8-4-2-3-7(12)10(8)13/h2-5H,1H3,(H,14,15)(H,16,17). The lowest BCUT2D eigenvalue weighted by atomic mass is 10.2. The largest absolute Gasteiger partial charge is 0.478 e. The van der Waals surface area contributed by atoms with Crippen molar-refractivity contribution in [1.82, 2.24) is 0 Å². The topological polar surface area (TPSA) is 66.4 Å². The van der Waals surface area contributed by atoms with E-state index in [1.807, 2.05) is 0 Å². The zero-order valence-electron chi connectivity index (χ0n) is 8.83. The number of rotatable bonds is 3. The predicted molar refractivity (Wildman–Crippen MR) is 66.5 cm³/mol. The second-order valence-electron chi connectivity index (χ2n) is 3.22. The molecule has 4 nitrogen and oxygen atoms in total. The number of halogens is 2. The molecule has 90 valence electrons. The quantitative estimate of drug-likeness (QED) is 0.833. The van der Waals surface area contributed by atoms with Gasteiger partial charge in [-0.2, -0.15) is 0 Å². The van der Waals surface area contributed by atoms with Crippen LogP contribution < -0.4 is 5.32 Å². The Kier molecular flexibility index (Phi) is 4.54. The van der Waals surface area contributed by atoms with Crippen molar-refractivity contribution in [3.8, 4) is 0 Å². The Morgan fingerprint density at radius 3 is 2.59 bits per heavy atom. The molecule has 0 bridgehead atoms. The molecule has 1 rings (SSSR count). The predicted octanol–water partition coefficient (Wildman–Crippen LogP) is 2.96. The molecule has 1 aromatic rings. The van der Waals surface area contributed by atoms with Crippen LogP contribution in [0.3, 0.4) is 0 Å². The van der Waals surface area contributed by atoms with E-state index in [9.17, 15) is 9.59 Å². The third-order valence-corrected chi connectivity index (χ3v) is 2.71. The highest BCUT2D eigenvalue weighted by molar-refractivity contribution is 6.44. The molecule has 0 unspecified atom stereocenters. The van der Waals surface area contributed by atoms with Crippen LogP contribution in [-0.2, 0) is 9.59 Å². The fourth-order valence-corrected chi connectivity index (χ4v) is 1.38. The molecular formula is C11H9Cl2NO3. The average Bonchev–Trinajstić information content (AvgIpc) is 2.24. The van der Waals surface area contributed by atoms with Gasteiger partial charge in [-0.15, -0.1) is 0 Å². The number of anilines is 1. The van der Waals surface area contributed by atoms with Crippen LogP contribution in [0.4, 0.5) is 5.69 Å². The minimum Gasteiger partial charge on any atom is -0.478 e. The molecule has 0 aliphatic carbocycles. The molecule has 0 saturated heterocycles. The van der Waals surface area contributed by atoms with E-state index in [4.69, 9.17) is 28.3 Å². The molecule has 0 fully saturated rings. The Morgan fingerprint density at radius 1 is 1.35 bits per heavy atom. The first-order chi connectivity index (χ1) is 7.91. The monoisotopic (exact) mass is 273 g/mol. The van der Waals surface area contributed by atoms with Crippen molar-refractivity contribution >= 4 is 40.8 Å². The van der Waals surface area contributed by atoms with Crippen LogP contribution in [0.5, 0.6) is 0 Å². The van der Waals surface area contributed by atoms with Gasteiger partial charge in [0.2, 0.25) is 5.91 Å². The molecule has 6 heteroatoms. The van der Waals surface area contributed by atoms with Crippen LogP contribution in [0.1, 0.15) is 6.92 Å². The van der Waals surface area contributed by atoms with Gasteiger partial charge in [0, 0.05) is 11.6 Å². The van der Waals surface area contributed by atoms with Gasteiger partial charge in [-0.3, -0.25) is 4.79 Å². The number of carboxylic acids is 1. The van der Waals surface area contributed by atoms with E-state index in [0.717, 1.165) is 6.08 Å². The average molecular weight is 274 g/mol. The second kappa shape index (κ2) is 5.70. The van der Waals surface area contributed by atoms with Gasteiger partial charge in [0.25, 0.3) is 0 Å². The van der Waals surface area contributed by atoms with Crippen molar-refractivity contribution in [2.75, 3.05) is 5.32 Å². The smallest absolute Gasteiger partial charge is 0.331 e. The molecule has 1 aromatic carbocycles. The van der Waals surface area contributed by atoms with Gasteiger partial charge in [-0.25, -0.2) is 4.79 Å². The Labute approximate surface area is 108 Å². The van der Waals surface area contributed by atoms with E-state index >= 15 is 0 Å². The molecule has 1 amide bonds. The Morgan fingerprint density at radius 2 is 2.00 bits per heavy atom. The van der Waals surface area contributed by atoms with Gasteiger partial charge in [0.1, 0.15) is 0 Å². The Hall–Kier alpha value is -1.52. The molecule has 17 heavy (non-hydrogen) atoms. The highest BCUT2D eigenvalue weighted by Gasteiger charge is 2.08. The molecule has 0 atom stereocenters. The molecule has 0 heterocycles. The fraction of sp³-hybridized carbons (Fsp3) is 0.0909. The summed E-state index contributed by atoms with van der Waals surface area (Å²) in [4.78, 5) is 22.0. The maximum atomic E-state index is 11.4. The molecule has 0 aliphatic rings. The summed E-state index contributed by atoms with van der Waals surface area (Å²) in [6, 6.07) is 4.77. The molecule has 0 spiro atoms. The van der Waals surface area contributed by atoms with E-state index in [2.05, 4.69) is 5.32 Å². The summed E-state index contributed by atoms with van der Waals surface area (Å²) < 4.78 is 0. The van der Waals surface area contributed by atoms with Crippen LogP contribution in [0.15, 0.2) is 29.8 Å². The van der Waals surface area contributed by atoms with Crippen molar-refractivity contribution in [2.45, 2.75) is 6.92 Å². The molecular weight excluding hydrogens is 265 g/mol. The number of carbonyl (C=O) groups is 2. The normalized spacial score (nSPS) is 11.1. The van der Waals surface area contributed by atoms with Gasteiger partial charge in [0.15, 0.2) is 0 Å². The summed E-state index contributed by atoms with van der Waals surface area (Å²) in [5.41, 5.74) is 0.263. The molecule has 0 aromatic heterocycles. The van der Waals surface area contributed by atoms with E-state index in [-0.39, 0.29) is 10.6 Å². The van der Waals surface area contributed by atoms with Gasteiger partial charge >= 0.3 is 5.97 Å². The maximum absolute atomic E-state index is 11.4. The second-order valence-corrected chi connectivity index (χ2v) is 4.01. The number of carboxylic acid groups (broad SMARTS) is 1. The highest BCUT2D eigenvalue weighted by Crippen LogP contribution is 2.29. The van der Waals surface area contributed by atoms with E-state index in [1.54, 1.807) is 18.2 Å². The van der Waals surface area contributed by atoms with Crippen LogP contribution in [0, 0.1) is 0 Å². The minimum absolute atomic E-state index is 0.0688. The van der Waals surface area contributed by atoms with Gasteiger partial charge in [0.05, 0.1) is 15.7 Å². The molecule has 0 radical (unpaired) electrons. The Balaban J connectivity index is 2.86. The first-order valence-electron chi connectivity index (χ1n) is 4.58. The van der Waals surface area contributed by atoms with Crippen LogP contribution in [0.25, 0.3) is 0 Å². The summed E-state index contributed by atoms with van der Waals surface area (Å²) >= 11 is 11.6. The first-order valence-corrected chi connectivity index (χ1v) is 5.34. The summed E-state index contributed by atoms with van der Waals surface area (Å²) in [7, 11) is 0. The van der Waals surface area contributed by atoms with Gasteiger partial charge < -0.3 is 10.4 Å². The molecule has 0 aliphatic heterocycles. The third kappa shape index (κ3) is 3.76.